The Morgan fingerprint density at radius 2 is 1.58 bits per heavy atom. The van der Waals surface area contributed by atoms with Crippen LogP contribution in [0.25, 0.3) is 11.0 Å². The van der Waals surface area contributed by atoms with E-state index in [9.17, 15) is 13.8 Å². The van der Waals surface area contributed by atoms with Crippen molar-refractivity contribution >= 4 is 65.2 Å². The van der Waals surface area contributed by atoms with Crippen LogP contribution in [0.2, 0.25) is 0 Å². The van der Waals surface area contributed by atoms with Crippen molar-refractivity contribution in [3.63, 3.8) is 0 Å². The highest BCUT2D eigenvalue weighted by molar-refractivity contribution is 7.86. The molecular formula is C22H15BN4O3S. The lowest BCUT2D eigenvalue weighted by molar-refractivity contribution is 0.111. The number of rotatable bonds is 7. The molecule has 0 amide bonds. The average Bonchev–Trinajstić information content (AvgIpc) is 2.79. The van der Waals surface area contributed by atoms with Gasteiger partial charge in [0.15, 0.2) is 28.9 Å². The first-order valence-corrected chi connectivity index (χ1v) is 10.3. The van der Waals surface area contributed by atoms with Gasteiger partial charge in [-0.15, -0.1) is 0 Å². The fourth-order valence-electron chi connectivity index (χ4n) is 2.92. The summed E-state index contributed by atoms with van der Waals surface area (Å²) in [5, 5.41) is 3.04. The van der Waals surface area contributed by atoms with Gasteiger partial charge in [-0.2, -0.15) is 0 Å². The molecule has 0 bridgehead atoms. The van der Waals surface area contributed by atoms with Crippen molar-refractivity contribution in [3.05, 3.63) is 77.9 Å². The molecule has 7 nitrogen and oxygen atoms in total. The predicted molar refractivity (Wildman–Crippen MR) is 122 cm³/mol. The van der Waals surface area contributed by atoms with E-state index in [1.807, 2.05) is 12.1 Å². The third-order valence-corrected chi connectivity index (χ3v) is 5.49. The predicted octanol–water partition coefficient (Wildman–Crippen LogP) is 2.93. The number of carbonyl (C=O) groups is 2. The van der Waals surface area contributed by atoms with E-state index in [4.69, 9.17) is 7.85 Å². The summed E-state index contributed by atoms with van der Waals surface area (Å²) in [7, 11) is 4.12. The topological polar surface area (TPSA) is 101 Å². The van der Waals surface area contributed by atoms with Crippen LogP contribution in [0.15, 0.2) is 71.6 Å². The zero-order valence-corrected chi connectivity index (χ0v) is 16.9. The second-order valence-corrected chi connectivity index (χ2v) is 7.77. The van der Waals surface area contributed by atoms with E-state index in [0.29, 0.717) is 50.8 Å². The quantitative estimate of drug-likeness (QED) is 0.348. The molecule has 4 aromatic rings. The van der Waals surface area contributed by atoms with Gasteiger partial charge in [0, 0.05) is 11.1 Å². The van der Waals surface area contributed by atoms with Gasteiger partial charge in [-0.1, -0.05) is 41.9 Å². The number of aldehydes is 2. The van der Waals surface area contributed by atoms with Gasteiger partial charge in [-0.05, 0) is 30.3 Å². The molecule has 150 valence electrons. The van der Waals surface area contributed by atoms with Gasteiger partial charge in [-0.3, -0.25) is 14.3 Å². The molecule has 0 aliphatic rings. The standard InChI is InChI=1S/C22H15BN4O3S/c23-16-4-3-5-17(11-16)31(30)27-22-21(24-18-6-1-2-7-19(18)25-22)26-20-10-14(12-28)8-9-15(20)13-29/h1-13H,(H,24,26)(H,25,27). The molecule has 0 fully saturated rings. The molecule has 1 heterocycles. The third kappa shape index (κ3) is 4.51. The molecule has 0 aliphatic carbocycles. The van der Waals surface area contributed by atoms with Crippen molar-refractivity contribution in [1.82, 2.24) is 9.97 Å². The fraction of sp³-hybridized carbons (Fsp3) is 0. The molecule has 2 N–H and O–H groups in total. The van der Waals surface area contributed by atoms with Crippen LogP contribution in [0.3, 0.4) is 0 Å². The smallest absolute Gasteiger partial charge is 0.182 e. The molecule has 1 unspecified atom stereocenters. The van der Waals surface area contributed by atoms with E-state index in [1.165, 1.54) is 12.1 Å². The second-order valence-electron chi connectivity index (χ2n) is 6.56. The highest BCUT2D eigenvalue weighted by atomic mass is 32.2. The summed E-state index contributed by atoms with van der Waals surface area (Å²) in [6.45, 7) is 0. The first-order chi connectivity index (χ1) is 15.1. The lowest BCUT2D eigenvalue weighted by Gasteiger charge is -2.14. The second kappa shape index (κ2) is 8.89. The number of hydrogen-bond donors (Lipinski definition) is 2. The van der Waals surface area contributed by atoms with Crippen molar-refractivity contribution in [2.45, 2.75) is 4.90 Å². The monoisotopic (exact) mass is 426 g/mol. The van der Waals surface area contributed by atoms with E-state index in [-0.39, 0.29) is 11.6 Å². The summed E-state index contributed by atoms with van der Waals surface area (Å²) in [6.07, 6.45) is 1.35. The molecule has 1 atom stereocenters. The Balaban J connectivity index is 1.78. The number of aromatic nitrogens is 2. The number of para-hydroxylation sites is 2. The van der Waals surface area contributed by atoms with Crippen molar-refractivity contribution < 1.29 is 13.8 Å². The molecule has 0 spiro atoms. The SMILES string of the molecule is [B]c1cccc(S(=O)Nc2nc3ccccc3nc2Nc2cc(C=O)ccc2C=O)c1. The summed E-state index contributed by atoms with van der Waals surface area (Å²) >= 11 is 0. The van der Waals surface area contributed by atoms with Crippen molar-refractivity contribution in [3.8, 4) is 0 Å². The minimum Gasteiger partial charge on any atom is -0.336 e. The van der Waals surface area contributed by atoms with Crippen molar-refractivity contribution in [2.24, 2.45) is 0 Å². The minimum atomic E-state index is -1.67. The Hall–Kier alpha value is -3.85. The van der Waals surface area contributed by atoms with Crippen molar-refractivity contribution in [2.75, 3.05) is 10.0 Å². The van der Waals surface area contributed by atoms with Gasteiger partial charge in [0.05, 0.1) is 21.6 Å². The first-order valence-electron chi connectivity index (χ1n) is 9.19. The Bertz CT molecular complexity index is 1330. The van der Waals surface area contributed by atoms with Gasteiger partial charge in [-0.25, -0.2) is 14.2 Å². The van der Waals surface area contributed by atoms with Crippen molar-refractivity contribution in [1.29, 1.82) is 0 Å². The van der Waals surface area contributed by atoms with E-state index < -0.39 is 11.0 Å². The molecule has 0 saturated heterocycles. The van der Waals surface area contributed by atoms with Gasteiger partial charge < -0.3 is 5.32 Å². The highest BCUT2D eigenvalue weighted by Crippen LogP contribution is 2.28. The van der Waals surface area contributed by atoms with Crippen LogP contribution >= 0.6 is 0 Å². The summed E-state index contributed by atoms with van der Waals surface area (Å²) in [4.78, 5) is 32.2. The summed E-state index contributed by atoms with van der Waals surface area (Å²) in [5.74, 6) is 0.468. The number of nitrogens with zero attached hydrogens (tertiary/aromatic N) is 2. The molecular weight excluding hydrogens is 411 g/mol. The summed E-state index contributed by atoms with van der Waals surface area (Å²) < 4.78 is 15.7. The number of benzene rings is 3. The van der Waals surface area contributed by atoms with Crippen LogP contribution < -0.4 is 15.5 Å². The molecule has 0 aliphatic heterocycles. The van der Waals surface area contributed by atoms with Crippen LogP contribution in [0.1, 0.15) is 20.7 Å². The maximum atomic E-state index is 12.9. The first kappa shape index (κ1) is 20.4. The molecule has 0 saturated carbocycles. The summed E-state index contributed by atoms with van der Waals surface area (Å²) in [5.41, 5.74) is 2.78. The zero-order valence-electron chi connectivity index (χ0n) is 16.1. The maximum Gasteiger partial charge on any atom is 0.182 e. The lowest BCUT2D eigenvalue weighted by Crippen LogP contribution is -2.12. The maximum absolute atomic E-state index is 12.9. The Labute approximate surface area is 181 Å². The Morgan fingerprint density at radius 3 is 2.26 bits per heavy atom. The largest absolute Gasteiger partial charge is 0.336 e. The number of fused-ring (bicyclic) bond motifs is 1. The van der Waals surface area contributed by atoms with Crippen LogP contribution in [0.4, 0.5) is 17.3 Å². The van der Waals surface area contributed by atoms with E-state index in [0.717, 1.165) is 0 Å². The average molecular weight is 426 g/mol. The van der Waals surface area contributed by atoms with E-state index in [2.05, 4.69) is 20.0 Å². The lowest BCUT2D eigenvalue weighted by atomic mass is 9.97. The fourth-order valence-corrected chi connectivity index (χ4v) is 3.80. The van der Waals surface area contributed by atoms with Crippen LogP contribution in [-0.2, 0) is 11.0 Å². The van der Waals surface area contributed by atoms with Gasteiger partial charge >= 0.3 is 0 Å². The van der Waals surface area contributed by atoms with Gasteiger partial charge in [0.2, 0.25) is 0 Å². The minimum absolute atomic E-state index is 0.216. The zero-order chi connectivity index (χ0) is 21.8. The van der Waals surface area contributed by atoms with Gasteiger partial charge in [0.25, 0.3) is 0 Å². The molecule has 1 aromatic heterocycles. The number of anilines is 3. The van der Waals surface area contributed by atoms with Crippen LogP contribution in [0.5, 0.6) is 0 Å². The molecule has 9 heteroatoms. The highest BCUT2D eigenvalue weighted by Gasteiger charge is 2.15. The van der Waals surface area contributed by atoms with Gasteiger partial charge in [0.1, 0.15) is 14.1 Å². The third-order valence-electron chi connectivity index (χ3n) is 4.43. The molecule has 3 aromatic carbocycles. The van der Waals surface area contributed by atoms with E-state index in [1.54, 1.807) is 42.5 Å². The molecule has 31 heavy (non-hydrogen) atoms. The molecule has 2 radical (unpaired) electrons. The molecule has 4 rings (SSSR count). The van der Waals surface area contributed by atoms with E-state index >= 15 is 0 Å². The van der Waals surface area contributed by atoms with Crippen LogP contribution in [0, 0.1) is 0 Å². The summed E-state index contributed by atoms with van der Waals surface area (Å²) in [6, 6.07) is 18.5. The van der Waals surface area contributed by atoms with Crippen LogP contribution in [-0.4, -0.2) is 34.6 Å². The Morgan fingerprint density at radius 1 is 0.839 bits per heavy atom. The number of carbonyl (C=O) groups excluding carboxylic acids is 2. The number of hydrogen-bond acceptors (Lipinski definition) is 6. The Kier molecular flexibility index (Phi) is 5.86. The number of nitrogens with one attached hydrogen (secondary N) is 2. The normalized spacial score (nSPS) is 11.6.